The van der Waals surface area contributed by atoms with Crippen LogP contribution in [-0.4, -0.2) is 53.9 Å². The number of rotatable bonds is 5. The topological polar surface area (TPSA) is 90.0 Å². The number of hydrogen-bond donors (Lipinski definition) is 2. The number of nitrogens with zero attached hydrogens (tertiary/aromatic N) is 2. The summed E-state index contributed by atoms with van der Waals surface area (Å²) in [5.41, 5.74) is 3.02. The molecule has 0 bridgehead atoms. The van der Waals surface area contributed by atoms with E-state index >= 15 is 0 Å². The zero-order valence-corrected chi connectivity index (χ0v) is 16.8. The summed E-state index contributed by atoms with van der Waals surface area (Å²) in [5.74, 6) is -0.548. The van der Waals surface area contributed by atoms with Gasteiger partial charge in [-0.1, -0.05) is 30.3 Å². The summed E-state index contributed by atoms with van der Waals surface area (Å²) < 4.78 is 27.7. The van der Waals surface area contributed by atoms with Gasteiger partial charge in [0.1, 0.15) is 0 Å². The highest BCUT2D eigenvalue weighted by atomic mass is 32.2. The molecule has 1 fully saturated rings. The molecule has 1 heterocycles. The third-order valence-electron chi connectivity index (χ3n) is 4.96. The number of carbonyl (C=O) groups excluding carboxylic acids is 1. The molecule has 2 aromatic rings. The Morgan fingerprint density at radius 1 is 1.04 bits per heavy atom. The number of sulfonamides is 1. The van der Waals surface area contributed by atoms with Crippen molar-refractivity contribution >= 4 is 15.9 Å². The van der Waals surface area contributed by atoms with Crippen molar-refractivity contribution in [3.8, 4) is 0 Å². The van der Waals surface area contributed by atoms with Crippen molar-refractivity contribution in [1.29, 1.82) is 0 Å². The van der Waals surface area contributed by atoms with Gasteiger partial charge in [0.05, 0.1) is 4.90 Å². The van der Waals surface area contributed by atoms with Gasteiger partial charge in [-0.3, -0.25) is 14.9 Å². The lowest BCUT2D eigenvalue weighted by Gasteiger charge is -2.43. The molecule has 1 aliphatic rings. The van der Waals surface area contributed by atoms with Gasteiger partial charge in [-0.25, -0.2) is 13.9 Å². The summed E-state index contributed by atoms with van der Waals surface area (Å²) in [5, 5.41) is 8.69. The molecule has 0 aliphatic carbocycles. The predicted molar refractivity (Wildman–Crippen MR) is 105 cm³/mol. The number of benzene rings is 2. The van der Waals surface area contributed by atoms with Gasteiger partial charge in [0, 0.05) is 37.3 Å². The van der Waals surface area contributed by atoms with Gasteiger partial charge in [0.15, 0.2) is 0 Å². The first-order valence-corrected chi connectivity index (χ1v) is 10.6. The zero-order chi connectivity index (χ0) is 20.3. The Bertz CT molecular complexity index is 904. The Labute approximate surface area is 165 Å². The van der Waals surface area contributed by atoms with Crippen molar-refractivity contribution in [2.45, 2.75) is 37.4 Å². The molecule has 8 heteroatoms. The first kappa shape index (κ1) is 20.5. The summed E-state index contributed by atoms with van der Waals surface area (Å²) in [4.78, 5) is 13.9. The van der Waals surface area contributed by atoms with Crippen molar-refractivity contribution in [3.05, 3.63) is 65.7 Å². The molecule has 28 heavy (non-hydrogen) atoms. The molecule has 0 unspecified atom stereocenters. The molecule has 150 valence electrons. The molecule has 7 nitrogen and oxygen atoms in total. The predicted octanol–water partition coefficient (Wildman–Crippen LogP) is 2.09. The van der Waals surface area contributed by atoms with Crippen LogP contribution in [0, 0.1) is 0 Å². The molecule has 0 saturated carbocycles. The van der Waals surface area contributed by atoms with E-state index in [1.54, 1.807) is 52.2 Å². The van der Waals surface area contributed by atoms with Gasteiger partial charge in [-0.15, -0.1) is 0 Å². The molecule has 0 spiro atoms. The molecule has 3 rings (SSSR count). The van der Waals surface area contributed by atoms with Crippen LogP contribution in [0.25, 0.3) is 0 Å². The lowest BCUT2D eigenvalue weighted by Crippen LogP contribution is -2.58. The second kappa shape index (κ2) is 8.40. The van der Waals surface area contributed by atoms with Crippen molar-refractivity contribution in [3.63, 3.8) is 0 Å². The normalized spacial score (nSPS) is 21.4. The Morgan fingerprint density at radius 3 is 2.14 bits per heavy atom. The van der Waals surface area contributed by atoms with E-state index in [4.69, 9.17) is 5.21 Å². The fourth-order valence-corrected chi connectivity index (χ4v) is 5.64. The minimum atomic E-state index is -3.54. The molecule has 1 saturated heterocycles. The minimum Gasteiger partial charge on any atom is -0.296 e. The number of hydroxylamine groups is 1. The van der Waals surface area contributed by atoms with Crippen molar-refractivity contribution < 1.29 is 18.4 Å². The largest absolute Gasteiger partial charge is 0.296 e. The Hall–Kier alpha value is -2.26. The average Bonchev–Trinajstić information content (AvgIpc) is 2.68. The molecule has 0 aromatic heterocycles. The van der Waals surface area contributed by atoms with Gasteiger partial charge in [0.25, 0.3) is 5.91 Å². The highest BCUT2D eigenvalue weighted by molar-refractivity contribution is 7.89. The third-order valence-corrected chi connectivity index (χ3v) is 7.10. The fourth-order valence-electron chi connectivity index (χ4n) is 3.82. The van der Waals surface area contributed by atoms with Crippen LogP contribution >= 0.6 is 0 Å². The van der Waals surface area contributed by atoms with Crippen LogP contribution in [0.4, 0.5) is 0 Å². The van der Waals surface area contributed by atoms with Gasteiger partial charge in [-0.2, -0.15) is 4.31 Å². The monoisotopic (exact) mass is 403 g/mol. The quantitative estimate of drug-likeness (QED) is 0.589. The maximum absolute atomic E-state index is 13.1. The number of hydrogen-bond acceptors (Lipinski definition) is 5. The maximum Gasteiger partial charge on any atom is 0.274 e. The third kappa shape index (κ3) is 4.25. The highest BCUT2D eigenvalue weighted by Crippen LogP contribution is 2.26. The van der Waals surface area contributed by atoms with Crippen LogP contribution in [0.1, 0.15) is 29.8 Å². The first-order chi connectivity index (χ1) is 13.3. The van der Waals surface area contributed by atoms with E-state index < -0.39 is 15.9 Å². The van der Waals surface area contributed by atoms with Gasteiger partial charge in [-0.05, 0) is 43.7 Å². The highest BCUT2D eigenvalue weighted by Gasteiger charge is 2.38. The smallest absolute Gasteiger partial charge is 0.274 e. The lowest BCUT2D eigenvalue weighted by atomic mass is 10.1. The Kier molecular flexibility index (Phi) is 6.14. The van der Waals surface area contributed by atoms with Crippen LogP contribution in [0.5, 0.6) is 0 Å². The van der Waals surface area contributed by atoms with Gasteiger partial charge < -0.3 is 0 Å². The Morgan fingerprint density at radius 2 is 1.61 bits per heavy atom. The van der Waals surface area contributed by atoms with Crippen molar-refractivity contribution in [1.82, 2.24) is 14.7 Å². The molecular formula is C20H25N3O4S. The zero-order valence-electron chi connectivity index (χ0n) is 15.9. The van der Waals surface area contributed by atoms with E-state index in [0.29, 0.717) is 30.1 Å². The standard InChI is InChI=1S/C20H25N3O4S/c1-15-12-22(14-17-8-10-18(11-9-17)20(24)21-25)13-16(2)23(15)28(26,27)19-6-4-3-5-7-19/h3-11,15-16,25H,12-14H2,1-2H3,(H,21,24)/t15-,16+. The molecular weight excluding hydrogens is 378 g/mol. The molecule has 1 aliphatic heterocycles. The van der Waals surface area contributed by atoms with Crippen LogP contribution < -0.4 is 5.48 Å². The molecule has 1 amide bonds. The van der Waals surface area contributed by atoms with Crippen molar-refractivity contribution in [2.75, 3.05) is 13.1 Å². The van der Waals surface area contributed by atoms with Crippen LogP contribution in [-0.2, 0) is 16.6 Å². The summed E-state index contributed by atoms with van der Waals surface area (Å²) in [7, 11) is -3.54. The van der Waals surface area contributed by atoms with E-state index in [1.807, 2.05) is 26.0 Å². The Balaban J connectivity index is 1.70. The first-order valence-electron chi connectivity index (χ1n) is 9.17. The fraction of sp³-hybridized carbons (Fsp3) is 0.350. The number of carbonyl (C=O) groups is 1. The van der Waals surface area contributed by atoms with Gasteiger partial charge in [0.2, 0.25) is 10.0 Å². The van der Waals surface area contributed by atoms with E-state index in [-0.39, 0.29) is 12.1 Å². The second-order valence-electron chi connectivity index (χ2n) is 7.18. The second-order valence-corrected chi connectivity index (χ2v) is 9.02. The van der Waals surface area contributed by atoms with Crippen LogP contribution in [0.15, 0.2) is 59.5 Å². The summed E-state index contributed by atoms with van der Waals surface area (Å²) in [6, 6.07) is 15.2. The maximum atomic E-state index is 13.1. The summed E-state index contributed by atoms with van der Waals surface area (Å²) in [6.07, 6.45) is 0. The molecule has 0 radical (unpaired) electrons. The number of piperazine rings is 1. The molecule has 2 atom stereocenters. The lowest BCUT2D eigenvalue weighted by molar-refractivity contribution is 0.0706. The molecule has 2 aromatic carbocycles. The number of nitrogens with one attached hydrogen (secondary N) is 1. The van der Waals surface area contributed by atoms with Crippen LogP contribution in [0.3, 0.4) is 0 Å². The average molecular weight is 404 g/mol. The number of amides is 1. The van der Waals surface area contributed by atoms with E-state index in [9.17, 15) is 13.2 Å². The van der Waals surface area contributed by atoms with E-state index in [0.717, 1.165) is 5.56 Å². The van der Waals surface area contributed by atoms with E-state index in [1.165, 1.54) is 0 Å². The van der Waals surface area contributed by atoms with Crippen LogP contribution in [0.2, 0.25) is 0 Å². The summed E-state index contributed by atoms with van der Waals surface area (Å²) >= 11 is 0. The van der Waals surface area contributed by atoms with Gasteiger partial charge >= 0.3 is 0 Å². The van der Waals surface area contributed by atoms with Crippen molar-refractivity contribution in [2.24, 2.45) is 0 Å². The molecule has 2 N–H and O–H groups in total. The SMILES string of the molecule is C[C@@H]1CN(Cc2ccc(C(=O)NO)cc2)C[C@H](C)N1S(=O)(=O)c1ccccc1. The summed E-state index contributed by atoms with van der Waals surface area (Å²) in [6.45, 7) is 5.76. The minimum absolute atomic E-state index is 0.159. The van der Waals surface area contributed by atoms with E-state index in [2.05, 4.69) is 4.90 Å².